The number of para-hydroxylation sites is 2. The first-order valence-electron chi connectivity index (χ1n) is 7.37. The number of thioether (sulfide) groups is 1. The third kappa shape index (κ3) is 5.88. The molecule has 0 aliphatic heterocycles. The number of pyridine rings is 1. The molecule has 2 rings (SSSR count). The molecule has 0 bridgehead atoms. The van der Waals surface area contributed by atoms with Crippen LogP contribution in [0.1, 0.15) is 5.56 Å². The number of rotatable bonds is 9. The van der Waals surface area contributed by atoms with E-state index < -0.39 is 4.92 Å². The number of aromatic nitrogens is 1. The summed E-state index contributed by atoms with van der Waals surface area (Å²) in [6, 6.07) is 10.3. The molecule has 0 saturated heterocycles. The second-order valence-corrected chi connectivity index (χ2v) is 5.88. The topological polar surface area (TPSA) is 97.2 Å². The molecule has 1 heterocycles. The molecule has 2 N–H and O–H groups in total. The van der Waals surface area contributed by atoms with Crippen LogP contribution in [-0.4, -0.2) is 34.7 Å². The smallest absolute Gasteiger partial charge is 0.292 e. The van der Waals surface area contributed by atoms with E-state index in [9.17, 15) is 14.9 Å². The van der Waals surface area contributed by atoms with E-state index in [1.165, 1.54) is 17.8 Å². The van der Waals surface area contributed by atoms with Crippen LogP contribution < -0.4 is 10.6 Å². The summed E-state index contributed by atoms with van der Waals surface area (Å²) in [7, 11) is 0. The van der Waals surface area contributed by atoms with Gasteiger partial charge in [0.25, 0.3) is 5.69 Å². The van der Waals surface area contributed by atoms with E-state index in [1.807, 2.05) is 12.1 Å². The standard InChI is InChI=1S/C16H18N4O3S/c21-16(12-24-11-13-5-7-17-8-6-13)19-10-9-18-14-3-1-2-4-15(14)20(22)23/h1-8,18H,9-12H2,(H,19,21). The molecule has 1 aromatic carbocycles. The van der Waals surface area contributed by atoms with Crippen molar-refractivity contribution in [2.24, 2.45) is 0 Å². The van der Waals surface area contributed by atoms with Gasteiger partial charge in [0, 0.05) is 37.3 Å². The molecule has 1 aromatic heterocycles. The van der Waals surface area contributed by atoms with Gasteiger partial charge in [-0.05, 0) is 23.8 Å². The van der Waals surface area contributed by atoms with E-state index >= 15 is 0 Å². The molecule has 0 radical (unpaired) electrons. The summed E-state index contributed by atoms with van der Waals surface area (Å²) in [5, 5.41) is 16.6. The van der Waals surface area contributed by atoms with Gasteiger partial charge in [-0.1, -0.05) is 12.1 Å². The molecule has 24 heavy (non-hydrogen) atoms. The number of amides is 1. The van der Waals surface area contributed by atoms with Gasteiger partial charge >= 0.3 is 0 Å². The Bertz CT molecular complexity index is 682. The van der Waals surface area contributed by atoms with Gasteiger partial charge in [-0.3, -0.25) is 19.9 Å². The minimum absolute atomic E-state index is 0.0248. The van der Waals surface area contributed by atoms with Crippen LogP contribution >= 0.6 is 11.8 Å². The Morgan fingerprint density at radius 3 is 2.67 bits per heavy atom. The molecule has 8 heteroatoms. The molecule has 0 aliphatic carbocycles. The average molecular weight is 346 g/mol. The Labute approximate surface area is 144 Å². The van der Waals surface area contributed by atoms with Crippen molar-refractivity contribution in [3.05, 3.63) is 64.5 Å². The number of nitro groups is 1. The number of benzene rings is 1. The van der Waals surface area contributed by atoms with Gasteiger partial charge in [0.1, 0.15) is 5.69 Å². The van der Waals surface area contributed by atoms with Crippen LogP contribution in [0.3, 0.4) is 0 Å². The van der Waals surface area contributed by atoms with Crippen molar-refractivity contribution in [1.82, 2.24) is 10.3 Å². The number of anilines is 1. The summed E-state index contributed by atoms with van der Waals surface area (Å²) in [5.74, 6) is 1.07. The first-order valence-corrected chi connectivity index (χ1v) is 8.53. The predicted octanol–water partition coefficient (Wildman–Crippen LogP) is 2.45. The van der Waals surface area contributed by atoms with Crippen LogP contribution in [0, 0.1) is 10.1 Å². The molecule has 0 atom stereocenters. The fourth-order valence-electron chi connectivity index (χ4n) is 1.97. The quantitative estimate of drug-likeness (QED) is 0.411. The zero-order valence-corrected chi connectivity index (χ0v) is 13.8. The Hall–Kier alpha value is -2.61. The fourth-order valence-corrected chi connectivity index (χ4v) is 2.79. The molecule has 0 aliphatic rings. The monoisotopic (exact) mass is 346 g/mol. The van der Waals surface area contributed by atoms with Gasteiger partial charge in [-0.15, -0.1) is 11.8 Å². The third-order valence-corrected chi connectivity index (χ3v) is 4.12. The number of nitrogens with zero attached hydrogens (tertiary/aromatic N) is 2. The summed E-state index contributed by atoms with van der Waals surface area (Å²) in [4.78, 5) is 26.1. The van der Waals surface area contributed by atoms with E-state index in [2.05, 4.69) is 15.6 Å². The maximum atomic E-state index is 11.7. The van der Waals surface area contributed by atoms with Crippen LogP contribution in [0.2, 0.25) is 0 Å². The number of carbonyl (C=O) groups is 1. The van der Waals surface area contributed by atoms with Crippen LogP contribution in [-0.2, 0) is 10.5 Å². The van der Waals surface area contributed by atoms with Crippen LogP contribution in [0.25, 0.3) is 0 Å². The van der Waals surface area contributed by atoms with E-state index in [-0.39, 0.29) is 11.6 Å². The van der Waals surface area contributed by atoms with Gasteiger partial charge in [0.15, 0.2) is 0 Å². The molecule has 126 valence electrons. The zero-order chi connectivity index (χ0) is 17.2. The number of hydrogen-bond donors (Lipinski definition) is 2. The van der Waals surface area contributed by atoms with Crippen molar-refractivity contribution >= 4 is 29.0 Å². The summed E-state index contributed by atoms with van der Waals surface area (Å²) in [6.45, 7) is 0.826. The summed E-state index contributed by atoms with van der Waals surface area (Å²) in [6.07, 6.45) is 3.45. The molecular weight excluding hydrogens is 328 g/mol. The third-order valence-electron chi connectivity index (χ3n) is 3.11. The lowest BCUT2D eigenvalue weighted by Gasteiger charge is -2.08. The highest BCUT2D eigenvalue weighted by Crippen LogP contribution is 2.22. The Kier molecular flexibility index (Phi) is 7.03. The Balaban J connectivity index is 1.64. The lowest BCUT2D eigenvalue weighted by atomic mass is 10.2. The lowest BCUT2D eigenvalue weighted by Crippen LogP contribution is -2.30. The SMILES string of the molecule is O=C(CSCc1ccncc1)NCCNc1ccccc1[N+](=O)[O-]. The van der Waals surface area contributed by atoms with Crippen molar-refractivity contribution in [1.29, 1.82) is 0 Å². The van der Waals surface area contributed by atoms with Crippen molar-refractivity contribution < 1.29 is 9.72 Å². The number of hydrogen-bond acceptors (Lipinski definition) is 6. The van der Waals surface area contributed by atoms with Gasteiger partial charge < -0.3 is 10.6 Å². The van der Waals surface area contributed by atoms with Crippen molar-refractivity contribution in [3.8, 4) is 0 Å². The summed E-state index contributed by atoms with van der Waals surface area (Å²) in [5.41, 5.74) is 1.60. The van der Waals surface area contributed by atoms with E-state index in [1.54, 1.807) is 30.6 Å². The average Bonchev–Trinajstić information content (AvgIpc) is 2.60. The Morgan fingerprint density at radius 2 is 1.92 bits per heavy atom. The molecule has 0 unspecified atom stereocenters. The Morgan fingerprint density at radius 1 is 1.17 bits per heavy atom. The predicted molar refractivity (Wildman–Crippen MR) is 95.0 cm³/mol. The number of carbonyl (C=O) groups excluding carboxylic acids is 1. The van der Waals surface area contributed by atoms with Gasteiger partial charge in [-0.25, -0.2) is 0 Å². The first-order chi connectivity index (χ1) is 11.7. The number of nitrogens with one attached hydrogen (secondary N) is 2. The van der Waals surface area contributed by atoms with Crippen LogP contribution in [0.15, 0.2) is 48.8 Å². The van der Waals surface area contributed by atoms with Gasteiger partial charge in [-0.2, -0.15) is 0 Å². The van der Waals surface area contributed by atoms with E-state index in [0.29, 0.717) is 24.5 Å². The van der Waals surface area contributed by atoms with Crippen molar-refractivity contribution in [2.75, 3.05) is 24.2 Å². The first kappa shape index (κ1) is 17.7. The molecular formula is C16H18N4O3S. The second-order valence-electron chi connectivity index (χ2n) is 4.90. The molecule has 0 spiro atoms. The zero-order valence-electron chi connectivity index (χ0n) is 13.0. The molecule has 7 nitrogen and oxygen atoms in total. The molecule has 1 amide bonds. The second kappa shape index (κ2) is 9.51. The highest BCUT2D eigenvalue weighted by molar-refractivity contribution is 7.99. The maximum absolute atomic E-state index is 11.7. The fraction of sp³-hybridized carbons (Fsp3) is 0.250. The normalized spacial score (nSPS) is 10.2. The lowest BCUT2D eigenvalue weighted by molar-refractivity contribution is -0.384. The van der Waals surface area contributed by atoms with Gasteiger partial charge in [0.05, 0.1) is 10.7 Å². The number of nitro benzene ring substituents is 1. The minimum atomic E-state index is -0.434. The highest BCUT2D eigenvalue weighted by atomic mass is 32.2. The molecule has 0 saturated carbocycles. The molecule has 0 fully saturated rings. The summed E-state index contributed by atoms with van der Waals surface area (Å²) < 4.78 is 0. The highest BCUT2D eigenvalue weighted by Gasteiger charge is 2.11. The van der Waals surface area contributed by atoms with Gasteiger partial charge in [0.2, 0.25) is 5.91 Å². The van der Waals surface area contributed by atoms with Crippen LogP contribution in [0.5, 0.6) is 0 Å². The molecule has 2 aromatic rings. The summed E-state index contributed by atoms with van der Waals surface area (Å²) >= 11 is 1.53. The van der Waals surface area contributed by atoms with Crippen molar-refractivity contribution in [3.63, 3.8) is 0 Å². The largest absolute Gasteiger partial charge is 0.378 e. The van der Waals surface area contributed by atoms with E-state index in [0.717, 1.165) is 11.3 Å². The maximum Gasteiger partial charge on any atom is 0.292 e. The van der Waals surface area contributed by atoms with Crippen LogP contribution in [0.4, 0.5) is 11.4 Å². The van der Waals surface area contributed by atoms with E-state index in [4.69, 9.17) is 0 Å². The minimum Gasteiger partial charge on any atom is -0.378 e. The van der Waals surface area contributed by atoms with Crippen molar-refractivity contribution in [2.45, 2.75) is 5.75 Å².